The highest BCUT2D eigenvalue weighted by Crippen LogP contribution is 1.92. The van der Waals surface area contributed by atoms with Gasteiger partial charge in [-0.1, -0.05) is 0 Å². The smallest absolute Gasteiger partial charge is 0.320 e. The summed E-state index contributed by atoms with van der Waals surface area (Å²) in [5.74, 6) is -2.42. The number of primary amides is 1. The molecule has 0 heterocycles. The number of likely N-dealkylation sites (N-methyl/N-ethyl adjacent to an activating group) is 1. The molecule has 34 heavy (non-hydrogen) atoms. The van der Waals surface area contributed by atoms with Crippen molar-refractivity contribution in [3.8, 4) is 0 Å². The van der Waals surface area contributed by atoms with Crippen molar-refractivity contribution in [3.63, 3.8) is 0 Å². The molecule has 0 aliphatic rings. The second-order valence-electron chi connectivity index (χ2n) is 7.39. The van der Waals surface area contributed by atoms with E-state index in [0.717, 1.165) is 11.0 Å². The molecule has 16 N–H and O–H groups in total. The van der Waals surface area contributed by atoms with Crippen LogP contribution in [0.2, 0.25) is 0 Å². The molecule has 1 atom stereocenters. The Labute approximate surface area is 200 Å². The van der Waals surface area contributed by atoms with Crippen molar-refractivity contribution in [1.82, 2.24) is 5.32 Å². The van der Waals surface area contributed by atoms with Gasteiger partial charge in [0.2, 0.25) is 5.91 Å². The Morgan fingerprint density at radius 3 is 1.56 bits per heavy atom. The molecular weight excluding hydrogens is 458 g/mol. The van der Waals surface area contributed by atoms with Gasteiger partial charge in [-0.25, -0.2) is 0 Å². The number of aliphatic hydroxyl groups excluding tert-OH is 4. The maximum atomic E-state index is 10.2. The van der Waals surface area contributed by atoms with Crippen LogP contribution in [0.25, 0.3) is 0 Å². The number of nitrogens with zero attached hydrogens (tertiary/aromatic N) is 1. The third-order valence-electron chi connectivity index (χ3n) is 2.69. The standard InChI is InChI=1S/C6H14N4O2.C5H14NO.C3H8O3.C2H5NO2.C2H5NO/c7-4(5(11)12)2-1-3-10-6(8)9;1-6(2,3)4-5-7;4-1-3(6)2-5;3-1-2(4)5;1-2(3)4/h4H,1-3,7H2,(H,11,12)(H4,8,9,10);7H,4-5H2,1-3H3;3-6H,1-2H2;1,3H2,(H,4,5);1H3,(H2,3,4)/q;+1;;;. The zero-order chi connectivity index (χ0) is 28.3. The molecule has 0 radical (unpaired) electrons. The van der Waals surface area contributed by atoms with Crippen LogP contribution in [0.3, 0.4) is 0 Å². The second-order valence-corrected chi connectivity index (χ2v) is 7.39. The SMILES string of the molecule is CC(N)=O.C[N+](C)(C)CCO.N=C(N)NCCCC(N)C(=O)O.NCC(=O)O.OCC(O)CO. The molecule has 0 aromatic rings. The van der Waals surface area contributed by atoms with E-state index >= 15 is 0 Å². The van der Waals surface area contributed by atoms with E-state index in [2.05, 4.69) is 37.9 Å². The molecule has 0 aromatic heterocycles. The lowest BCUT2D eigenvalue weighted by molar-refractivity contribution is -0.870. The van der Waals surface area contributed by atoms with Gasteiger partial charge in [0.15, 0.2) is 5.96 Å². The fourth-order valence-electron chi connectivity index (χ4n) is 1.03. The maximum absolute atomic E-state index is 10.2. The quantitative estimate of drug-likeness (QED) is 0.0575. The number of amides is 1. The van der Waals surface area contributed by atoms with Gasteiger partial charge in [-0.3, -0.25) is 19.8 Å². The number of nitrogens with two attached hydrogens (primary N) is 4. The number of carboxylic acid groups (broad SMARTS) is 2. The van der Waals surface area contributed by atoms with Crippen LogP contribution in [0.4, 0.5) is 0 Å². The van der Waals surface area contributed by atoms with Crippen LogP contribution in [0, 0.1) is 5.41 Å². The number of nitrogens with one attached hydrogen (secondary N) is 2. The molecule has 0 saturated heterocycles. The second kappa shape index (κ2) is 28.4. The minimum absolute atomic E-state index is 0.112. The number of carbonyl (C=O) groups excluding carboxylic acids is 1. The van der Waals surface area contributed by atoms with Gasteiger partial charge in [-0.2, -0.15) is 0 Å². The lowest BCUT2D eigenvalue weighted by Crippen LogP contribution is -2.36. The molecule has 1 amide bonds. The average Bonchev–Trinajstić information content (AvgIpc) is 2.70. The van der Waals surface area contributed by atoms with E-state index in [4.69, 9.17) is 47.5 Å². The molecule has 16 heteroatoms. The van der Waals surface area contributed by atoms with Crippen molar-refractivity contribution in [2.45, 2.75) is 31.9 Å². The first-order chi connectivity index (χ1) is 15.4. The fraction of sp³-hybridized carbons (Fsp3) is 0.778. The van der Waals surface area contributed by atoms with Crippen LogP contribution in [0.1, 0.15) is 19.8 Å². The molecule has 16 nitrogen and oxygen atoms in total. The van der Waals surface area contributed by atoms with E-state index in [1.165, 1.54) is 6.92 Å². The highest BCUT2D eigenvalue weighted by Gasteiger charge is 2.09. The Kier molecular flexibility index (Phi) is 34.8. The lowest BCUT2D eigenvalue weighted by Gasteiger charge is -2.21. The first kappa shape index (κ1) is 41.6. The topological polar surface area (TPSA) is 313 Å². The van der Waals surface area contributed by atoms with E-state index in [1.54, 1.807) is 0 Å². The summed E-state index contributed by atoms with van der Waals surface area (Å²) in [6.45, 7) is 1.90. The van der Waals surface area contributed by atoms with Gasteiger partial charge >= 0.3 is 11.9 Å². The van der Waals surface area contributed by atoms with Crippen molar-refractivity contribution < 1.29 is 49.5 Å². The Balaban J connectivity index is -0.000000110. The van der Waals surface area contributed by atoms with Crippen LogP contribution in [0.5, 0.6) is 0 Å². The number of rotatable bonds is 10. The number of quaternary nitrogens is 1. The number of carbonyl (C=O) groups is 3. The van der Waals surface area contributed by atoms with Crippen molar-refractivity contribution in [1.29, 1.82) is 5.41 Å². The third kappa shape index (κ3) is 70.0. The highest BCUT2D eigenvalue weighted by molar-refractivity contribution is 5.74. The summed E-state index contributed by atoms with van der Waals surface area (Å²) in [4.78, 5) is 28.7. The van der Waals surface area contributed by atoms with Gasteiger partial charge in [0.1, 0.15) is 18.7 Å². The van der Waals surface area contributed by atoms with Gasteiger partial charge in [0, 0.05) is 13.5 Å². The predicted molar refractivity (Wildman–Crippen MR) is 126 cm³/mol. The van der Waals surface area contributed by atoms with E-state index in [9.17, 15) is 14.4 Å². The lowest BCUT2D eigenvalue weighted by atomic mass is 10.2. The maximum Gasteiger partial charge on any atom is 0.320 e. The molecule has 1 unspecified atom stereocenters. The largest absolute Gasteiger partial charge is 0.480 e. The van der Waals surface area contributed by atoms with Gasteiger partial charge in [-0.05, 0) is 12.8 Å². The normalized spacial score (nSPS) is 10.3. The van der Waals surface area contributed by atoms with E-state index < -0.39 is 24.1 Å². The molecule has 0 aliphatic carbocycles. The summed E-state index contributed by atoms with van der Waals surface area (Å²) in [6, 6.07) is -0.821. The summed E-state index contributed by atoms with van der Waals surface area (Å²) < 4.78 is 0.844. The van der Waals surface area contributed by atoms with Crippen LogP contribution in [0.15, 0.2) is 0 Å². The first-order valence-corrected chi connectivity index (χ1v) is 9.96. The van der Waals surface area contributed by atoms with Crippen LogP contribution in [-0.2, 0) is 14.4 Å². The Morgan fingerprint density at radius 2 is 1.41 bits per heavy atom. The summed E-state index contributed by atoms with van der Waals surface area (Å²) in [7, 11) is 6.16. The fourth-order valence-corrected chi connectivity index (χ4v) is 1.03. The van der Waals surface area contributed by atoms with E-state index in [-0.39, 0.29) is 38.2 Å². The zero-order valence-electron chi connectivity index (χ0n) is 20.5. The minimum Gasteiger partial charge on any atom is -0.480 e. The monoisotopic (exact) mass is 504 g/mol. The van der Waals surface area contributed by atoms with Crippen molar-refractivity contribution in [2.24, 2.45) is 22.9 Å². The molecule has 0 aromatic carbocycles. The number of hydrogen-bond donors (Lipinski definition) is 12. The predicted octanol–water partition coefficient (Wildman–Crippen LogP) is -4.80. The average molecular weight is 505 g/mol. The minimum atomic E-state index is -1.00. The molecule has 0 bridgehead atoms. The molecule has 0 fully saturated rings. The van der Waals surface area contributed by atoms with Crippen LogP contribution >= 0.6 is 0 Å². The molecule has 0 aliphatic heterocycles. The van der Waals surface area contributed by atoms with E-state index in [0.29, 0.717) is 19.4 Å². The van der Waals surface area contributed by atoms with Crippen molar-refractivity contribution in [2.75, 3.05) is 60.6 Å². The summed E-state index contributed by atoms with van der Waals surface area (Å²) in [6.07, 6.45) is 0.0212. The van der Waals surface area contributed by atoms with Gasteiger partial charge in [0.25, 0.3) is 0 Å². The third-order valence-corrected chi connectivity index (χ3v) is 2.69. The van der Waals surface area contributed by atoms with Crippen LogP contribution in [-0.4, -0.2) is 132 Å². The number of hydrogen-bond acceptors (Lipinski definition) is 10. The van der Waals surface area contributed by atoms with Gasteiger partial charge in [-0.15, -0.1) is 0 Å². The number of aliphatic carboxylic acids is 2. The van der Waals surface area contributed by atoms with Crippen molar-refractivity contribution in [3.05, 3.63) is 0 Å². The molecule has 0 spiro atoms. The Hall–Kier alpha value is -2.60. The number of guanidine groups is 1. The molecule has 0 saturated carbocycles. The molecule has 0 rings (SSSR count). The summed E-state index contributed by atoms with van der Waals surface area (Å²) in [5, 5.41) is 57.7. The van der Waals surface area contributed by atoms with Crippen LogP contribution < -0.4 is 28.3 Å². The Morgan fingerprint density at radius 1 is 1.03 bits per heavy atom. The summed E-state index contributed by atoms with van der Waals surface area (Å²) >= 11 is 0. The van der Waals surface area contributed by atoms with Gasteiger partial charge in [0.05, 0.1) is 47.5 Å². The Bertz CT molecular complexity index is 510. The highest BCUT2D eigenvalue weighted by atomic mass is 16.4. The van der Waals surface area contributed by atoms with Gasteiger partial charge < -0.3 is 63.4 Å². The zero-order valence-corrected chi connectivity index (χ0v) is 20.5. The van der Waals surface area contributed by atoms with Crippen molar-refractivity contribution >= 4 is 23.8 Å². The number of aliphatic hydroxyl groups is 4. The van der Waals surface area contributed by atoms with E-state index in [1.807, 2.05) is 0 Å². The summed E-state index contributed by atoms with van der Waals surface area (Å²) in [5.41, 5.74) is 19.3. The molecule has 206 valence electrons. The molecular formula is C18H46N7O9+. The first-order valence-electron chi connectivity index (χ1n) is 9.96. The number of carboxylic acids is 2.